The monoisotopic (exact) mass is 692 g/mol. The van der Waals surface area contributed by atoms with Crippen LogP contribution in [0.4, 0.5) is 4.79 Å². The summed E-state index contributed by atoms with van der Waals surface area (Å²) in [6.07, 6.45) is -1.10. The van der Waals surface area contributed by atoms with Gasteiger partial charge in [-0.1, -0.05) is 65.7 Å². The molecule has 2 aliphatic heterocycles. The van der Waals surface area contributed by atoms with E-state index < -0.39 is 26.1 Å². The Kier molecular flexibility index (Phi) is 9.99. The van der Waals surface area contributed by atoms with E-state index >= 15 is 0 Å². The number of hydrogen-bond acceptors (Lipinski definition) is 6. The van der Waals surface area contributed by atoms with Crippen LogP contribution < -0.4 is 5.32 Å². The third-order valence-electron chi connectivity index (χ3n) is 7.36. The maximum atomic E-state index is 13.4. The summed E-state index contributed by atoms with van der Waals surface area (Å²) >= 11 is 12.1. The van der Waals surface area contributed by atoms with Gasteiger partial charge in [-0.25, -0.2) is 18.2 Å². The lowest BCUT2D eigenvalue weighted by molar-refractivity contribution is 0.126. The molecule has 0 bridgehead atoms. The van der Waals surface area contributed by atoms with Crippen molar-refractivity contribution in [2.75, 3.05) is 45.0 Å². The molecule has 1 amide bonds. The second kappa shape index (κ2) is 13.7. The number of carboxylic acid groups (broad SMARTS) is 1. The molecule has 0 radical (unpaired) electrons. The minimum absolute atomic E-state index is 0.0279. The Morgan fingerprint density at radius 3 is 2.09 bits per heavy atom. The predicted molar refractivity (Wildman–Crippen MR) is 173 cm³/mol. The molecule has 2 aliphatic rings. The van der Waals surface area contributed by atoms with Crippen molar-refractivity contribution >= 4 is 61.0 Å². The minimum Gasteiger partial charge on any atom is -0.465 e. The van der Waals surface area contributed by atoms with Gasteiger partial charge in [-0.2, -0.15) is 17.8 Å². The highest BCUT2D eigenvalue weighted by atomic mass is 35.5. The van der Waals surface area contributed by atoms with Crippen LogP contribution in [0.1, 0.15) is 17.0 Å². The molecule has 2 heterocycles. The molecule has 0 aromatic heterocycles. The van der Waals surface area contributed by atoms with Gasteiger partial charge in [-0.15, -0.1) is 4.40 Å². The van der Waals surface area contributed by atoms with Gasteiger partial charge in [0.1, 0.15) is 0 Å². The van der Waals surface area contributed by atoms with Crippen LogP contribution in [0.25, 0.3) is 0 Å². The van der Waals surface area contributed by atoms with Crippen molar-refractivity contribution < 1.29 is 26.7 Å². The zero-order valence-electron chi connectivity index (χ0n) is 23.8. The van der Waals surface area contributed by atoms with Crippen LogP contribution in [0.5, 0.6) is 0 Å². The van der Waals surface area contributed by atoms with Gasteiger partial charge in [-0.3, -0.25) is 0 Å². The smallest absolute Gasteiger partial charge is 0.407 e. The molecule has 1 atom stereocenters. The van der Waals surface area contributed by atoms with Crippen LogP contribution in [0, 0.1) is 0 Å². The van der Waals surface area contributed by atoms with Gasteiger partial charge in [0.15, 0.2) is 0 Å². The third-order valence-corrected chi connectivity index (χ3v) is 11.0. The number of hydrazone groups is 1. The van der Waals surface area contributed by atoms with E-state index in [0.717, 1.165) is 16.0 Å². The molecular weight excluding hydrogens is 663 g/mol. The van der Waals surface area contributed by atoms with Crippen LogP contribution in [-0.4, -0.2) is 98.9 Å². The topological polar surface area (TPSA) is 152 Å². The van der Waals surface area contributed by atoms with Gasteiger partial charge >= 0.3 is 6.09 Å². The largest absolute Gasteiger partial charge is 0.465 e. The summed E-state index contributed by atoms with van der Waals surface area (Å²) in [5, 5.41) is 19.2. The van der Waals surface area contributed by atoms with Crippen molar-refractivity contribution in [1.29, 1.82) is 0 Å². The lowest BCUT2D eigenvalue weighted by Crippen LogP contribution is -2.51. The van der Waals surface area contributed by atoms with Gasteiger partial charge in [-0.05, 0) is 47.5 Å². The molecule has 5 rings (SSSR count). The molecule has 45 heavy (non-hydrogen) atoms. The van der Waals surface area contributed by atoms with E-state index in [4.69, 9.17) is 28.3 Å². The average molecular weight is 694 g/mol. The molecular formula is C29H30Cl2N6O6S2. The highest BCUT2D eigenvalue weighted by Crippen LogP contribution is 2.30. The second-order valence-electron chi connectivity index (χ2n) is 10.3. The number of rotatable bonds is 8. The molecule has 1 unspecified atom stereocenters. The fourth-order valence-electron chi connectivity index (χ4n) is 4.98. The summed E-state index contributed by atoms with van der Waals surface area (Å²) in [4.78, 5) is 12.3. The van der Waals surface area contributed by atoms with Crippen LogP contribution in [0.15, 0.2) is 93.3 Å². The summed E-state index contributed by atoms with van der Waals surface area (Å²) in [6.45, 7) is 0.207. The first-order valence-corrected chi connectivity index (χ1v) is 17.7. The highest BCUT2D eigenvalue weighted by Gasteiger charge is 2.33. The maximum absolute atomic E-state index is 13.4. The van der Waals surface area contributed by atoms with Crippen molar-refractivity contribution in [3.8, 4) is 0 Å². The Bertz CT molecular complexity index is 1800. The van der Waals surface area contributed by atoms with Gasteiger partial charge in [0.25, 0.3) is 10.0 Å². The molecule has 2 N–H and O–H groups in total. The van der Waals surface area contributed by atoms with E-state index in [2.05, 4.69) is 9.71 Å². The van der Waals surface area contributed by atoms with Crippen LogP contribution in [0.2, 0.25) is 10.0 Å². The zero-order valence-corrected chi connectivity index (χ0v) is 27.0. The molecule has 3 aromatic rings. The number of amides is 1. The number of nitrogens with zero attached hydrogens (tertiary/aromatic N) is 5. The Hall–Kier alpha value is -3.69. The first-order chi connectivity index (χ1) is 21.4. The number of hydrogen-bond donors (Lipinski definition) is 2. The molecule has 1 fully saturated rings. The number of nitrogens with one attached hydrogen (secondary N) is 1. The summed E-state index contributed by atoms with van der Waals surface area (Å²) in [7, 11) is -8.07. The van der Waals surface area contributed by atoms with Gasteiger partial charge < -0.3 is 15.3 Å². The molecule has 0 spiro atoms. The summed E-state index contributed by atoms with van der Waals surface area (Å²) < 4.78 is 58.3. The molecule has 238 valence electrons. The maximum Gasteiger partial charge on any atom is 0.407 e. The van der Waals surface area contributed by atoms with Crippen molar-refractivity contribution in [3.63, 3.8) is 0 Å². The molecule has 3 aromatic carbocycles. The zero-order chi connectivity index (χ0) is 32.2. The number of piperazine rings is 1. The van der Waals surface area contributed by atoms with Crippen molar-refractivity contribution in [2.45, 2.75) is 10.8 Å². The number of halogens is 2. The molecule has 1 saturated heterocycles. The number of guanidine groups is 1. The lowest BCUT2D eigenvalue weighted by atomic mass is 9.91. The normalized spacial score (nSPS) is 18.1. The number of sulfonamides is 2. The van der Waals surface area contributed by atoms with E-state index in [1.807, 2.05) is 42.5 Å². The van der Waals surface area contributed by atoms with E-state index in [-0.39, 0.29) is 61.8 Å². The number of benzene rings is 3. The average Bonchev–Trinajstić information content (AvgIpc) is 3.47. The Balaban J connectivity index is 1.44. The van der Waals surface area contributed by atoms with Crippen molar-refractivity contribution in [1.82, 2.24) is 19.5 Å². The SMILES string of the molecule is O=C(O)N1CCN(S(=O)(=O)CCN/C(=N\S(=O)(=O)c2ccc(Cl)cc2)N2CC(c3ccccc3)C(c3ccc(Cl)cc3)=N2)CC1. The van der Waals surface area contributed by atoms with Crippen LogP contribution >= 0.6 is 23.2 Å². The van der Waals surface area contributed by atoms with Crippen molar-refractivity contribution in [2.24, 2.45) is 9.50 Å². The van der Waals surface area contributed by atoms with E-state index in [9.17, 15) is 26.7 Å². The van der Waals surface area contributed by atoms with Gasteiger partial charge in [0.2, 0.25) is 16.0 Å². The summed E-state index contributed by atoms with van der Waals surface area (Å²) in [5.74, 6) is -0.809. The molecule has 16 heteroatoms. The quantitative estimate of drug-likeness (QED) is 0.268. The van der Waals surface area contributed by atoms with E-state index in [1.54, 1.807) is 12.1 Å². The minimum atomic E-state index is -4.27. The molecule has 12 nitrogen and oxygen atoms in total. The fraction of sp³-hybridized carbons (Fsp3) is 0.276. The summed E-state index contributed by atoms with van der Waals surface area (Å²) in [6, 6.07) is 22.3. The third kappa shape index (κ3) is 7.94. The predicted octanol–water partition coefficient (Wildman–Crippen LogP) is 3.76. The van der Waals surface area contributed by atoms with E-state index in [0.29, 0.717) is 15.8 Å². The standard InChI is InChI=1S/C29H30Cl2N6O6S2/c30-23-8-6-22(7-9-23)27-26(21-4-2-1-3-5-21)20-37(33-27)28(34-45(42,43)25-12-10-24(31)11-13-25)32-14-19-44(40,41)36-17-15-35(16-18-36)29(38)39/h1-13,26H,14-20H2,(H,32,34)(H,38,39). The Morgan fingerprint density at radius 1 is 0.889 bits per heavy atom. The highest BCUT2D eigenvalue weighted by molar-refractivity contribution is 7.90. The van der Waals surface area contributed by atoms with Gasteiger partial charge in [0.05, 0.1) is 22.9 Å². The van der Waals surface area contributed by atoms with Crippen LogP contribution in [-0.2, 0) is 20.0 Å². The Morgan fingerprint density at radius 2 is 1.49 bits per heavy atom. The van der Waals surface area contributed by atoms with Crippen molar-refractivity contribution in [3.05, 3.63) is 100 Å². The second-order valence-corrected chi connectivity index (χ2v) is 14.9. The van der Waals surface area contributed by atoms with E-state index in [1.165, 1.54) is 33.6 Å². The summed E-state index contributed by atoms with van der Waals surface area (Å²) in [5.41, 5.74) is 2.37. The Labute approximate surface area is 271 Å². The van der Waals surface area contributed by atoms with Gasteiger partial charge in [0, 0.05) is 48.7 Å². The molecule has 0 saturated carbocycles. The van der Waals surface area contributed by atoms with Crippen LogP contribution in [0.3, 0.4) is 0 Å². The molecule has 0 aliphatic carbocycles. The fourth-order valence-corrected chi connectivity index (χ4v) is 7.55. The lowest BCUT2D eigenvalue weighted by Gasteiger charge is -2.32. The first-order valence-electron chi connectivity index (χ1n) is 13.9. The first kappa shape index (κ1) is 32.7. The number of carbonyl (C=O) groups is 1.